The first-order valence-electron chi connectivity index (χ1n) is 34.3. The van der Waals surface area contributed by atoms with Crippen molar-refractivity contribution < 1.29 is 42.1 Å². The molecule has 9 nitrogen and oxygen atoms in total. The van der Waals surface area contributed by atoms with Gasteiger partial charge < -0.3 is 27.9 Å². The lowest BCUT2D eigenvalue weighted by atomic mass is 10.0. The number of quaternary nitrogens is 1. The number of rotatable bonds is 63. The van der Waals surface area contributed by atoms with Crippen LogP contribution in [0, 0.1) is 0 Å². The van der Waals surface area contributed by atoms with Crippen molar-refractivity contribution in [3.63, 3.8) is 0 Å². The van der Waals surface area contributed by atoms with Crippen molar-refractivity contribution in [2.45, 2.75) is 315 Å². The third-order valence-corrected chi connectivity index (χ3v) is 15.9. The summed E-state index contributed by atoms with van der Waals surface area (Å²) in [6.45, 7) is 4.09. The fourth-order valence-corrected chi connectivity index (χ4v) is 10.4. The van der Waals surface area contributed by atoms with E-state index in [0.717, 1.165) is 64.2 Å². The van der Waals surface area contributed by atoms with Gasteiger partial charge in [0.25, 0.3) is 7.82 Å². The molecular weight excluding hydrogens is 1040 g/mol. The second kappa shape index (κ2) is 62.7. The van der Waals surface area contributed by atoms with Crippen molar-refractivity contribution in [1.29, 1.82) is 0 Å². The van der Waals surface area contributed by atoms with E-state index in [1.165, 1.54) is 205 Å². The number of phosphoric ester groups is 1. The van der Waals surface area contributed by atoms with Crippen LogP contribution in [0.3, 0.4) is 0 Å². The number of allylic oxidation sites excluding steroid dienone is 14. The number of esters is 2. The van der Waals surface area contributed by atoms with Crippen molar-refractivity contribution in [2.75, 3.05) is 47.5 Å². The number of hydrogen-bond acceptors (Lipinski definition) is 8. The van der Waals surface area contributed by atoms with Crippen molar-refractivity contribution in [2.24, 2.45) is 0 Å². The van der Waals surface area contributed by atoms with Crippen molar-refractivity contribution in [3.8, 4) is 0 Å². The number of ether oxygens (including phenoxy) is 2. The van der Waals surface area contributed by atoms with E-state index < -0.39 is 32.5 Å². The van der Waals surface area contributed by atoms with E-state index >= 15 is 0 Å². The molecule has 2 atom stereocenters. The van der Waals surface area contributed by atoms with Crippen LogP contribution in [0.15, 0.2) is 85.1 Å². The molecule has 0 saturated heterocycles. The molecule has 0 aromatic carbocycles. The Hall–Kier alpha value is -2.81. The fourth-order valence-electron chi connectivity index (χ4n) is 9.71. The van der Waals surface area contributed by atoms with Gasteiger partial charge >= 0.3 is 11.9 Å². The maximum Gasteiger partial charge on any atom is 0.306 e. The zero-order chi connectivity index (χ0) is 59.8. The summed E-state index contributed by atoms with van der Waals surface area (Å²) in [6.07, 6.45) is 85.5. The van der Waals surface area contributed by atoms with Gasteiger partial charge in [-0.3, -0.25) is 14.2 Å². The van der Waals surface area contributed by atoms with Gasteiger partial charge in [0.15, 0.2) is 6.10 Å². The van der Waals surface area contributed by atoms with Gasteiger partial charge in [0.05, 0.1) is 27.7 Å². The molecule has 10 heteroatoms. The molecule has 0 N–H and O–H groups in total. The highest BCUT2D eigenvalue weighted by atomic mass is 31.2. The molecule has 0 aliphatic carbocycles. The van der Waals surface area contributed by atoms with Gasteiger partial charge in [-0.1, -0.05) is 317 Å². The highest BCUT2D eigenvalue weighted by Crippen LogP contribution is 2.38. The number of nitrogens with zero attached hydrogens (tertiary/aromatic N) is 1. The van der Waals surface area contributed by atoms with Gasteiger partial charge in [-0.2, -0.15) is 0 Å². The van der Waals surface area contributed by atoms with E-state index in [-0.39, 0.29) is 26.1 Å². The number of hydrogen-bond donors (Lipinski definition) is 0. The highest BCUT2D eigenvalue weighted by Gasteiger charge is 2.22. The number of phosphoric acid groups is 1. The number of likely N-dealkylation sites (N-methyl/N-ethyl adjacent to an activating group) is 1. The number of carbonyl (C=O) groups excluding carboxylic acids is 2. The van der Waals surface area contributed by atoms with E-state index in [1.807, 2.05) is 27.2 Å². The topological polar surface area (TPSA) is 111 Å². The van der Waals surface area contributed by atoms with Crippen LogP contribution in [0.5, 0.6) is 0 Å². The molecule has 0 heterocycles. The Labute approximate surface area is 507 Å². The summed E-state index contributed by atoms with van der Waals surface area (Å²) in [5.41, 5.74) is 0. The quantitative estimate of drug-likeness (QED) is 0.0195. The number of unbranched alkanes of at least 4 members (excludes halogenated alkanes) is 35. The first-order chi connectivity index (χ1) is 40.0. The van der Waals surface area contributed by atoms with E-state index in [9.17, 15) is 19.0 Å². The van der Waals surface area contributed by atoms with Crippen LogP contribution in [0.2, 0.25) is 0 Å². The van der Waals surface area contributed by atoms with Gasteiger partial charge in [-0.15, -0.1) is 0 Å². The Bertz CT molecular complexity index is 1660. The molecule has 0 fully saturated rings. The maximum atomic E-state index is 12.8. The minimum atomic E-state index is -4.66. The summed E-state index contributed by atoms with van der Waals surface area (Å²) in [4.78, 5) is 38.0. The first kappa shape index (κ1) is 79.2. The van der Waals surface area contributed by atoms with Crippen LogP contribution in [-0.2, 0) is 32.7 Å². The van der Waals surface area contributed by atoms with E-state index in [0.29, 0.717) is 23.9 Å². The summed E-state index contributed by atoms with van der Waals surface area (Å²) in [7, 11) is 1.13. The van der Waals surface area contributed by atoms with Crippen molar-refractivity contribution in [1.82, 2.24) is 0 Å². The summed E-state index contributed by atoms with van der Waals surface area (Å²) in [5, 5.41) is 0. The Morgan fingerprint density at radius 3 is 1.02 bits per heavy atom. The molecule has 0 aliphatic rings. The Morgan fingerprint density at radius 2 is 0.695 bits per heavy atom. The Morgan fingerprint density at radius 1 is 0.390 bits per heavy atom. The second-order valence-corrected chi connectivity index (χ2v) is 25.6. The molecule has 0 saturated carbocycles. The molecular formula is C72H130NO8P. The summed E-state index contributed by atoms with van der Waals surface area (Å²) < 4.78 is 34.2. The lowest BCUT2D eigenvalue weighted by Gasteiger charge is -2.28. The third kappa shape index (κ3) is 66.3. The van der Waals surface area contributed by atoms with Crippen molar-refractivity contribution in [3.05, 3.63) is 85.1 Å². The van der Waals surface area contributed by atoms with Crippen LogP contribution in [0.4, 0.5) is 0 Å². The molecule has 0 aromatic rings. The summed E-state index contributed by atoms with van der Waals surface area (Å²) in [6, 6.07) is 0. The lowest BCUT2D eigenvalue weighted by molar-refractivity contribution is -0.870. The minimum Gasteiger partial charge on any atom is -0.756 e. The van der Waals surface area contributed by atoms with E-state index in [2.05, 4.69) is 92.8 Å². The third-order valence-electron chi connectivity index (χ3n) is 14.9. The van der Waals surface area contributed by atoms with Gasteiger partial charge in [-0.25, -0.2) is 0 Å². The van der Waals surface area contributed by atoms with E-state index in [1.54, 1.807) is 0 Å². The van der Waals surface area contributed by atoms with Crippen LogP contribution in [0.25, 0.3) is 0 Å². The molecule has 0 radical (unpaired) electrons. The molecule has 0 bridgehead atoms. The zero-order valence-corrected chi connectivity index (χ0v) is 55.1. The molecule has 0 amide bonds. The van der Waals surface area contributed by atoms with E-state index in [4.69, 9.17) is 18.5 Å². The largest absolute Gasteiger partial charge is 0.756 e. The summed E-state index contributed by atoms with van der Waals surface area (Å²) >= 11 is 0. The Kier molecular flexibility index (Phi) is 60.6. The molecule has 2 unspecified atom stereocenters. The fraction of sp³-hybridized carbons (Fsp3) is 0.778. The predicted molar refractivity (Wildman–Crippen MR) is 351 cm³/mol. The predicted octanol–water partition coefficient (Wildman–Crippen LogP) is 21.5. The monoisotopic (exact) mass is 1170 g/mol. The van der Waals surface area contributed by atoms with Gasteiger partial charge in [0.1, 0.15) is 19.8 Å². The highest BCUT2D eigenvalue weighted by molar-refractivity contribution is 7.45. The molecule has 476 valence electrons. The zero-order valence-electron chi connectivity index (χ0n) is 54.2. The molecule has 0 aliphatic heterocycles. The molecule has 82 heavy (non-hydrogen) atoms. The SMILES string of the molecule is CC/C=C\C/C=C\C/C=C\C/C=C\C/C=C\C/C=C\C/C=C\CCCC(=O)OC(COC(=O)CCCCCCCCCCCCCCCCCCCCCCCCCCCCCCCCCCCCC)COP(=O)([O-])OCC[N+](C)(C)C. The molecule has 0 spiro atoms. The van der Waals surface area contributed by atoms with Gasteiger partial charge in [-0.05, 0) is 64.2 Å². The summed E-state index contributed by atoms with van der Waals surface area (Å²) in [5.74, 6) is -0.896. The second-order valence-electron chi connectivity index (χ2n) is 24.2. The molecule has 0 rings (SSSR count). The molecule has 0 aromatic heterocycles. The van der Waals surface area contributed by atoms with Gasteiger partial charge in [0.2, 0.25) is 0 Å². The Balaban J connectivity index is 4.05. The van der Waals surface area contributed by atoms with Crippen molar-refractivity contribution >= 4 is 19.8 Å². The van der Waals surface area contributed by atoms with Crippen LogP contribution in [0.1, 0.15) is 309 Å². The van der Waals surface area contributed by atoms with Gasteiger partial charge in [0, 0.05) is 12.8 Å². The smallest absolute Gasteiger partial charge is 0.306 e. The lowest BCUT2D eigenvalue weighted by Crippen LogP contribution is -2.37. The minimum absolute atomic E-state index is 0.0446. The maximum absolute atomic E-state index is 12.8. The van der Waals surface area contributed by atoms with Crippen LogP contribution in [-0.4, -0.2) is 70.0 Å². The van der Waals surface area contributed by atoms with Crippen LogP contribution >= 0.6 is 7.82 Å². The number of carbonyl (C=O) groups is 2. The first-order valence-corrected chi connectivity index (χ1v) is 35.8. The average molecular weight is 1170 g/mol. The van der Waals surface area contributed by atoms with Crippen LogP contribution < -0.4 is 4.89 Å². The average Bonchev–Trinajstić information content (AvgIpc) is 3.46. The normalized spacial score (nSPS) is 13.7. The standard InChI is InChI=1S/C72H130NO8P/c1-6-8-10-12-14-16-18-20-22-24-26-28-30-31-32-33-34-35-36-37-38-39-40-41-43-44-46-48-50-52-54-56-58-60-62-64-71(74)78-68-70(69-80-82(76,77)79-67-66-73(3,4)5)81-72(75)65-63-61-59-57-55-53-51-49-47-45-42-29-27-25-23-21-19-17-15-13-11-9-7-2/h9,11,15,17,21,23,27,29,45,47,51,53,57,59,70H,6-8,10,12-14,16,18-20,22,24-26,28,30-44,46,48-50,52,54-56,58,60-69H2,1-5H3/b11-9-,17-15-,23-21-,29-27-,47-45-,53-51-,59-57-.